The van der Waals surface area contributed by atoms with Crippen molar-refractivity contribution in [3.05, 3.63) is 114 Å². The van der Waals surface area contributed by atoms with Gasteiger partial charge in [-0.3, -0.25) is 9.36 Å². The van der Waals surface area contributed by atoms with E-state index in [9.17, 15) is 9.59 Å². The fourth-order valence-electron chi connectivity index (χ4n) is 4.08. The van der Waals surface area contributed by atoms with Crippen LogP contribution < -0.4 is 19.6 Å². The molecule has 1 aliphatic rings. The van der Waals surface area contributed by atoms with E-state index in [-0.39, 0.29) is 12.2 Å². The van der Waals surface area contributed by atoms with Crippen molar-refractivity contribution in [2.45, 2.75) is 13.0 Å². The van der Waals surface area contributed by atoms with Gasteiger partial charge in [-0.15, -0.1) is 0 Å². The van der Waals surface area contributed by atoms with Crippen LogP contribution in [0.2, 0.25) is 0 Å². The molecule has 36 heavy (non-hydrogen) atoms. The number of esters is 1. The smallest absolute Gasteiger partial charge is 0.338 e. The van der Waals surface area contributed by atoms with E-state index in [1.807, 2.05) is 42.5 Å². The maximum atomic E-state index is 13.7. The average molecular weight is 565 g/mol. The van der Waals surface area contributed by atoms with Gasteiger partial charge in [0.25, 0.3) is 5.56 Å². The summed E-state index contributed by atoms with van der Waals surface area (Å²) in [5, 5.41) is 0. The van der Waals surface area contributed by atoms with Crippen molar-refractivity contribution in [2.75, 3.05) is 13.7 Å². The van der Waals surface area contributed by atoms with Gasteiger partial charge < -0.3 is 13.9 Å². The monoisotopic (exact) mass is 564 g/mol. The van der Waals surface area contributed by atoms with Gasteiger partial charge in [0.1, 0.15) is 11.5 Å². The molecular weight excluding hydrogens is 544 g/mol. The van der Waals surface area contributed by atoms with Crippen LogP contribution in [0.5, 0.6) is 5.75 Å². The molecule has 182 valence electrons. The number of carbonyl (C=O) groups excluding carboxylic acids is 1. The van der Waals surface area contributed by atoms with Gasteiger partial charge in [-0.2, -0.15) is 0 Å². The number of benzene rings is 2. The number of methoxy groups -OCH3 is 1. The fourth-order valence-corrected chi connectivity index (χ4v) is 5.38. The largest absolute Gasteiger partial charge is 0.497 e. The topological polar surface area (TPSA) is 83.0 Å². The first kappa shape index (κ1) is 24.0. The Hall–Kier alpha value is -3.69. The number of nitrogens with zero attached hydrogens (tertiary/aromatic N) is 2. The molecule has 7 nitrogen and oxygen atoms in total. The molecule has 0 aliphatic carbocycles. The maximum Gasteiger partial charge on any atom is 0.338 e. The third-order valence-electron chi connectivity index (χ3n) is 5.67. The van der Waals surface area contributed by atoms with E-state index < -0.39 is 12.0 Å². The van der Waals surface area contributed by atoms with Crippen LogP contribution in [0.25, 0.3) is 11.8 Å². The lowest BCUT2D eigenvalue weighted by atomic mass is 9.93. The molecule has 0 fully saturated rings. The van der Waals surface area contributed by atoms with Gasteiger partial charge >= 0.3 is 5.97 Å². The predicted molar refractivity (Wildman–Crippen MR) is 140 cm³/mol. The molecule has 0 radical (unpaired) electrons. The van der Waals surface area contributed by atoms with Crippen LogP contribution in [-0.4, -0.2) is 24.3 Å². The Balaban J connectivity index is 1.82. The number of carbonyl (C=O) groups is 1. The number of ether oxygens (including phenoxy) is 2. The van der Waals surface area contributed by atoms with E-state index >= 15 is 0 Å². The highest BCUT2D eigenvalue weighted by Gasteiger charge is 2.35. The zero-order valence-electron chi connectivity index (χ0n) is 19.4. The second-order valence-corrected chi connectivity index (χ2v) is 9.64. The molecule has 1 atom stereocenters. The third kappa shape index (κ3) is 4.47. The van der Waals surface area contributed by atoms with Crippen LogP contribution in [0.1, 0.15) is 29.9 Å². The predicted octanol–water partition coefficient (Wildman–Crippen LogP) is 4.30. The summed E-state index contributed by atoms with van der Waals surface area (Å²) < 4.78 is 18.9. The van der Waals surface area contributed by atoms with Crippen LogP contribution >= 0.6 is 27.3 Å². The van der Waals surface area contributed by atoms with Crippen LogP contribution in [0.4, 0.5) is 0 Å². The lowest BCUT2D eigenvalue weighted by Gasteiger charge is -2.26. The maximum absolute atomic E-state index is 13.7. The molecule has 0 amide bonds. The number of rotatable bonds is 6. The van der Waals surface area contributed by atoms with Gasteiger partial charge in [-0.1, -0.05) is 53.8 Å². The molecule has 0 unspecified atom stereocenters. The first-order chi connectivity index (χ1) is 17.5. The minimum Gasteiger partial charge on any atom is -0.497 e. The fraction of sp³-hybridized carbons (Fsp3) is 0.148. The highest BCUT2D eigenvalue weighted by molar-refractivity contribution is 9.10. The van der Waals surface area contributed by atoms with Gasteiger partial charge in [-0.05, 0) is 52.7 Å². The van der Waals surface area contributed by atoms with Gasteiger partial charge in [0, 0.05) is 11.6 Å². The van der Waals surface area contributed by atoms with Crippen molar-refractivity contribution in [3.63, 3.8) is 0 Å². The van der Waals surface area contributed by atoms with Crippen molar-refractivity contribution in [1.29, 1.82) is 0 Å². The summed E-state index contributed by atoms with van der Waals surface area (Å²) >= 11 is 4.53. The van der Waals surface area contributed by atoms with E-state index in [1.165, 1.54) is 11.3 Å². The lowest BCUT2D eigenvalue weighted by molar-refractivity contribution is -0.138. The SMILES string of the molecule is CCOC(=O)C1=C(c2ccccc2)N=c2s/c(=C/c3ccc(Br)o3)c(=O)n2[C@@H]1c1ccc(OC)cc1. The zero-order valence-corrected chi connectivity index (χ0v) is 21.8. The molecule has 4 aromatic rings. The van der Waals surface area contributed by atoms with E-state index in [4.69, 9.17) is 18.9 Å². The lowest BCUT2D eigenvalue weighted by Crippen LogP contribution is -2.40. The minimum absolute atomic E-state index is 0.192. The Morgan fingerprint density at radius 2 is 1.89 bits per heavy atom. The molecule has 2 aromatic heterocycles. The second kappa shape index (κ2) is 10.1. The van der Waals surface area contributed by atoms with Crippen LogP contribution in [0.15, 0.2) is 91.2 Å². The van der Waals surface area contributed by atoms with Gasteiger partial charge in [0.05, 0.1) is 35.6 Å². The van der Waals surface area contributed by atoms with Gasteiger partial charge in [-0.25, -0.2) is 9.79 Å². The summed E-state index contributed by atoms with van der Waals surface area (Å²) in [4.78, 5) is 32.4. The van der Waals surface area contributed by atoms with Gasteiger partial charge in [0.15, 0.2) is 9.47 Å². The number of hydrogen-bond donors (Lipinski definition) is 0. The molecule has 2 aromatic carbocycles. The van der Waals surface area contributed by atoms with Crippen LogP contribution in [0, 0.1) is 0 Å². The van der Waals surface area contributed by atoms with Gasteiger partial charge in [0.2, 0.25) is 0 Å². The van der Waals surface area contributed by atoms with Crippen molar-refractivity contribution in [1.82, 2.24) is 4.57 Å². The quantitative estimate of drug-likeness (QED) is 0.326. The molecule has 0 N–H and O–H groups in total. The summed E-state index contributed by atoms with van der Waals surface area (Å²) in [6, 6.07) is 19.5. The van der Waals surface area contributed by atoms with E-state index in [1.54, 1.807) is 48.9 Å². The highest BCUT2D eigenvalue weighted by Crippen LogP contribution is 2.35. The molecule has 0 bridgehead atoms. The van der Waals surface area contributed by atoms with E-state index in [0.717, 1.165) is 11.1 Å². The Kier molecular flexibility index (Phi) is 6.75. The van der Waals surface area contributed by atoms with Crippen LogP contribution in [0.3, 0.4) is 0 Å². The molecule has 0 saturated heterocycles. The van der Waals surface area contributed by atoms with Crippen LogP contribution in [-0.2, 0) is 9.53 Å². The first-order valence-corrected chi connectivity index (χ1v) is 12.8. The van der Waals surface area contributed by atoms with Crippen molar-refractivity contribution in [3.8, 4) is 5.75 Å². The standard InChI is InChI=1S/C27H21BrN2O5S/c1-3-34-26(32)22-23(16-7-5-4-6-8-16)29-27-30(24(22)17-9-11-18(33-2)12-10-17)25(31)20(36-27)15-19-13-14-21(28)35-19/h4-15,24H,3H2,1-2H3/b20-15+/t24-/m1/s1. The molecule has 0 saturated carbocycles. The molecular formula is C27H21BrN2O5S. The molecule has 5 rings (SSSR count). The minimum atomic E-state index is -0.744. The van der Waals surface area contributed by atoms with Crippen molar-refractivity contribution >= 4 is 45.0 Å². The average Bonchev–Trinajstić information content (AvgIpc) is 3.45. The molecule has 3 heterocycles. The number of fused-ring (bicyclic) bond motifs is 1. The van der Waals surface area contributed by atoms with E-state index in [0.29, 0.717) is 36.8 Å². The highest BCUT2D eigenvalue weighted by atomic mass is 79.9. The zero-order chi connectivity index (χ0) is 25.2. The Morgan fingerprint density at radius 3 is 2.53 bits per heavy atom. The Morgan fingerprint density at radius 1 is 1.14 bits per heavy atom. The van der Waals surface area contributed by atoms with Crippen molar-refractivity contribution < 1.29 is 18.7 Å². The Bertz CT molecular complexity index is 1630. The summed E-state index contributed by atoms with van der Waals surface area (Å²) in [5.41, 5.74) is 1.99. The summed E-state index contributed by atoms with van der Waals surface area (Å²) in [6.07, 6.45) is 1.68. The van der Waals surface area contributed by atoms with E-state index in [2.05, 4.69) is 15.9 Å². The first-order valence-electron chi connectivity index (χ1n) is 11.2. The normalized spacial score (nSPS) is 15.4. The third-order valence-corrected chi connectivity index (χ3v) is 7.08. The number of thiazole rings is 1. The number of aromatic nitrogens is 1. The Labute approximate surface area is 218 Å². The molecule has 0 spiro atoms. The summed E-state index contributed by atoms with van der Waals surface area (Å²) in [6.45, 7) is 1.94. The number of halogens is 1. The van der Waals surface area contributed by atoms with Crippen molar-refractivity contribution in [2.24, 2.45) is 4.99 Å². The summed E-state index contributed by atoms with van der Waals surface area (Å²) in [7, 11) is 1.59. The summed E-state index contributed by atoms with van der Waals surface area (Å²) in [5.74, 6) is 0.672. The number of furan rings is 1. The number of hydrogen-bond acceptors (Lipinski definition) is 7. The second-order valence-electron chi connectivity index (χ2n) is 7.85. The molecule has 1 aliphatic heterocycles. The molecule has 9 heteroatoms.